The molecule has 1 saturated carbocycles. The Balaban J connectivity index is 2.50. The van der Waals surface area contributed by atoms with Crippen molar-refractivity contribution in [1.82, 2.24) is 0 Å². The summed E-state index contributed by atoms with van der Waals surface area (Å²) in [5.41, 5.74) is 0.228. The Bertz CT molecular complexity index is 638. The van der Waals surface area contributed by atoms with Crippen molar-refractivity contribution in [2.45, 2.75) is 79.4 Å². The van der Waals surface area contributed by atoms with Crippen LogP contribution in [0.15, 0.2) is 22.8 Å². The van der Waals surface area contributed by atoms with Gasteiger partial charge in [-0.25, -0.2) is 4.79 Å². The van der Waals surface area contributed by atoms with Gasteiger partial charge in [0.25, 0.3) is 0 Å². The molecule has 0 aliphatic heterocycles. The summed E-state index contributed by atoms with van der Waals surface area (Å²) in [7, 11) is 0. The number of hydrogen-bond donors (Lipinski definition) is 1. The van der Waals surface area contributed by atoms with Crippen LogP contribution in [0.25, 0.3) is 0 Å². The molecule has 0 spiro atoms. The number of Topliss-reactive ketones (excluding diaryl/α,β-unsaturated/α-hetero) is 1. The maximum absolute atomic E-state index is 13.0. The number of carbonyl (C=O) groups excluding carboxylic acids is 2. The van der Waals surface area contributed by atoms with Gasteiger partial charge in [0.05, 0.1) is 11.0 Å². The first-order valence-electron chi connectivity index (χ1n) is 9.23. The fraction of sp³-hybridized carbons (Fsp3) is 0.714. The van der Waals surface area contributed by atoms with Crippen molar-refractivity contribution in [2.24, 2.45) is 17.3 Å². The fourth-order valence-corrected chi connectivity index (χ4v) is 4.30. The molecule has 4 atom stereocenters. The first-order chi connectivity index (χ1) is 11.4. The smallest absolute Gasteiger partial charge is 0.334 e. The maximum Gasteiger partial charge on any atom is 0.334 e. The minimum absolute atomic E-state index is 0.00713. The molecular weight excluding hydrogens is 316 g/mol. The highest BCUT2D eigenvalue weighted by atomic mass is 16.5. The van der Waals surface area contributed by atoms with Crippen LogP contribution in [0.5, 0.6) is 0 Å². The summed E-state index contributed by atoms with van der Waals surface area (Å²) < 4.78 is 5.79. The molecule has 1 fully saturated rings. The monoisotopic (exact) mass is 348 g/mol. The van der Waals surface area contributed by atoms with E-state index < -0.39 is 23.1 Å². The van der Waals surface area contributed by atoms with Gasteiger partial charge < -0.3 is 9.84 Å². The molecule has 25 heavy (non-hydrogen) atoms. The van der Waals surface area contributed by atoms with E-state index in [0.717, 1.165) is 11.1 Å². The summed E-state index contributed by atoms with van der Waals surface area (Å²) in [4.78, 5) is 25.5. The molecule has 0 radical (unpaired) electrons. The second kappa shape index (κ2) is 6.71. The van der Waals surface area contributed by atoms with Gasteiger partial charge >= 0.3 is 5.97 Å². The number of hydrogen-bond acceptors (Lipinski definition) is 4. The average Bonchev–Trinajstić information content (AvgIpc) is 2.67. The lowest BCUT2D eigenvalue weighted by atomic mass is 9.65. The van der Waals surface area contributed by atoms with E-state index in [1.807, 2.05) is 40.7 Å². The zero-order valence-corrected chi connectivity index (χ0v) is 16.6. The molecule has 0 aromatic carbocycles. The van der Waals surface area contributed by atoms with Crippen LogP contribution in [0.2, 0.25) is 0 Å². The number of carbonyl (C=O) groups is 2. The molecule has 4 nitrogen and oxygen atoms in total. The second-order valence-corrected chi connectivity index (χ2v) is 8.57. The van der Waals surface area contributed by atoms with Gasteiger partial charge in [-0.3, -0.25) is 4.79 Å². The molecule has 1 N–H and O–H groups in total. The number of allylic oxidation sites excluding steroid dienone is 2. The third-order valence-corrected chi connectivity index (χ3v) is 6.50. The van der Waals surface area contributed by atoms with Crippen molar-refractivity contribution in [3.63, 3.8) is 0 Å². The van der Waals surface area contributed by atoms with Gasteiger partial charge in [-0.1, -0.05) is 25.0 Å². The second-order valence-electron chi connectivity index (χ2n) is 8.57. The van der Waals surface area contributed by atoms with Crippen LogP contribution in [0.4, 0.5) is 0 Å². The Morgan fingerprint density at radius 2 is 1.92 bits per heavy atom. The summed E-state index contributed by atoms with van der Waals surface area (Å²) in [5.74, 6) is -0.354. The van der Waals surface area contributed by atoms with Crippen LogP contribution in [-0.2, 0) is 14.3 Å². The number of ketones is 1. The average molecular weight is 348 g/mol. The van der Waals surface area contributed by atoms with E-state index in [1.54, 1.807) is 13.8 Å². The van der Waals surface area contributed by atoms with Gasteiger partial charge in [0.2, 0.25) is 0 Å². The Kier molecular flexibility index (Phi) is 5.34. The highest BCUT2D eigenvalue weighted by molar-refractivity contribution is 5.92. The standard InChI is InChI=1S/C21H32O4/c1-12(2)15(6)19(23)25-18-10-14(5)8-9-21(24)16(13(3)4)11-17(22)20(18,21)7/h10,13,16,18,24H,8-9,11H2,1-7H3/t16-,18-,20-,21+/m1/s1. The van der Waals surface area contributed by atoms with E-state index in [0.29, 0.717) is 24.8 Å². The van der Waals surface area contributed by atoms with Crippen molar-refractivity contribution >= 4 is 11.8 Å². The Hall–Kier alpha value is -1.42. The summed E-state index contributed by atoms with van der Waals surface area (Å²) in [5, 5.41) is 11.6. The lowest BCUT2D eigenvalue weighted by Crippen LogP contribution is -2.56. The molecule has 0 aromatic heterocycles. The zero-order valence-electron chi connectivity index (χ0n) is 16.6. The number of rotatable bonds is 3. The van der Waals surface area contributed by atoms with Gasteiger partial charge in [-0.05, 0) is 65.4 Å². The summed E-state index contributed by atoms with van der Waals surface area (Å²) in [6.07, 6.45) is 2.70. The number of ether oxygens (including phenoxy) is 1. The molecule has 0 saturated heterocycles. The van der Waals surface area contributed by atoms with E-state index in [1.165, 1.54) is 0 Å². The Morgan fingerprint density at radius 1 is 1.32 bits per heavy atom. The van der Waals surface area contributed by atoms with E-state index in [9.17, 15) is 14.7 Å². The molecule has 2 aliphatic carbocycles. The van der Waals surface area contributed by atoms with E-state index >= 15 is 0 Å². The minimum atomic E-state index is -1.16. The van der Waals surface area contributed by atoms with Gasteiger partial charge in [0.15, 0.2) is 0 Å². The van der Waals surface area contributed by atoms with Crippen molar-refractivity contribution in [3.8, 4) is 0 Å². The van der Waals surface area contributed by atoms with E-state index in [4.69, 9.17) is 4.74 Å². The minimum Gasteiger partial charge on any atom is -0.454 e. The highest BCUT2D eigenvalue weighted by Gasteiger charge is 2.66. The van der Waals surface area contributed by atoms with Crippen molar-refractivity contribution in [1.29, 1.82) is 0 Å². The summed E-state index contributed by atoms with van der Waals surface area (Å²) in [6, 6.07) is 0. The largest absolute Gasteiger partial charge is 0.454 e. The molecule has 0 heterocycles. The van der Waals surface area contributed by atoms with Gasteiger partial charge in [-0.15, -0.1) is 0 Å². The molecule has 0 aromatic rings. The summed E-state index contributed by atoms with van der Waals surface area (Å²) >= 11 is 0. The number of esters is 1. The SMILES string of the molecule is CC1=C[C@@H](OC(=O)C(C)=C(C)C)[C@@]2(C)C(=O)C[C@H](C(C)C)[C@@]2(O)CC1. The molecule has 4 heteroatoms. The normalized spacial score (nSPS) is 35.1. The lowest BCUT2D eigenvalue weighted by molar-refractivity contribution is -0.171. The van der Waals surface area contributed by atoms with Crippen LogP contribution in [0, 0.1) is 17.3 Å². The van der Waals surface area contributed by atoms with Crippen molar-refractivity contribution in [2.75, 3.05) is 0 Å². The van der Waals surface area contributed by atoms with E-state index in [2.05, 4.69) is 0 Å². The lowest BCUT2D eigenvalue weighted by Gasteiger charge is -2.44. The van der Waals surface area contributed by atoms with Crippen LogP contribution in [0.1, 0.15) is 67.7 Å². The van der Waals surface area contributed by atoms with Crippen LogP contribution >= 0.6 is 0 Å². The molecule has 2 aliphatic rings. The fourth-order valence-electron chi connectivity index (χ4n) is 4.30. The van der Waals surface area contributed by atoms with Crippen molar-refractivity contribution < 1.29 is 19.4 Å². The molecule has 0 unspecified atom stereocenters. The number of fused-ring (bicyclic) bond motifs is 1. The molecule has 140 valence electrons. The third kappa shape index (κ3) is 3.10. The Morgan fingerprint density at radius 3 is 2.44 bits per heavy atom. The van der Waals surface area contributed by atoms with Crippen LogP contribution in [0.3, 0.4) is 0 Å². The molecular formula is C21H32O4. The van der Waals surface area contributed by atoms with Gasteiger partial charge in [-0.2, -0.15) is 0 Å². The zero-order chi connectivity index (χ0) is 19.2. The van der Waals surface area contributed by atoms with Crippen LogP contribution in [-0.4, -0.2) is 28.6 Å². The maximum atomic E-state index is 13.0. The van der Waals surface area contributed by atoms with Gasteiger partial charge in [0, 0.05) is 12.0 Å². The summed E-state index contributed by atoms with van der Waals surface area (Å²) in [6.45, 7) is 13.3. The first-order valence-corrected chi connectivity index (χ1v) is 9.23. The topological polar surface area (TPSA) is 63.6 Å². The van der Waals surface area contributed by atoms with Crippen LogP contribution < -0.4 is 0 Å². The molecule has 0 bridgehead atoms. The predicted octanol–water partition coefficient (Wildman–Crippen LogP) is 3.98. The number of aliphatic hydroxyl groups is 1. The molecule has 0 amide bonds. The quantitative estimate of drug-likeness (QED) is 0.476. The Labute approximate surface area is 151 Å². The predicted molar refractivity (Wildman–Crippen MR) is 97.9 cm³/mol. The van der Waals surface area contributed by atoms with Crippen molar-refractivity contribution in [3.05, 3.63) is 22.8 Å². The highest BCUT2D eigenvalue weighted by Crippen LogP contribution is 2.56. The van der Waals surface area contributed by atoms with Gasteiger partial charge in [0.1, 0.15) is 11.9 Å². The van der Waals surface area contributed by atoms with E-state index in [-0.39, 0.29) is 17.6 Å². The molecule has 2 rings (SSSR count). The first kappa shape index (κ1) is 19.9. The third-order valence-electron chi connectivity index (χ3n) is 6.50.